The van der Waals surface area contributed by atoms with Crippen molar-refractivity contribution in [1.29, 1.82) is 0 Å². The average Bonchev–Trinajstić information content (AvgIpc) is 3.16. The van der Waals surface area contributed by atoms with Crippen LogP contribution in [-0.4, -0.2) is 26.5 Å². The monoisotopic (exact) mass is 334 g/mol. The lowest BCUT2D eigenvalue weighted by molar-refractivity contribution is -0.117. The van der Waals surface area contributed by atoms with Crippen molar-refractivity contribution in [2.24, 2.45) is 0 Å². The molecule has 6 heteroatoms. The van der Waals surface area contributed by atoms with Crippen LogP contribution >= 0.6 is 0 Å². The minimum atomic E-state index is -0.614. The minimum absolute atomic E-state index is 0.285. The Kier molecular flexibility index (Phi) is 4.70. The van der Waals surface area contributed by atoms with E-state index in [0.717, 1.165) is 16.8 Å². The van der Waals surface area contributed by atoms with E-state index in [0.29, 0.717) is 5.56 Å². The molecule has 126 valence electrons. The molecular weight excluding hydrogens is 316 g/mol. The van der Waals surface area contributed by atoms with Gasteiger partial charge in [-0.1, -0.05) is 42.0 Å². The fourth-order valence-corrected chi connectivity index (χ4v) is 2.44. The first-order valence-corrected chi connectivity index (χ1v) is 7.91. The van der Waals surface area contributed by atoms with Crippen molar-refractivity contribution in [3.8, 4) is 5.69 Å². The third-order valence-corrected chi connectivity index (χ3v) is 3.94. The molecule has 1 aromatic heterocycles. The van der Waals surface area contributed by atoms with Crippen LogP contribution in [0.3, 0.4) is 0 Å². The van der Waals surface area contributed by atoms with Gasteiger partial charge in [-0.15, -0.1) is 0 Å². The Balaban J connectivity index is 1.67. The Morgan fingerprint density at radius 2 is 1.72 bits per heavy atom. The zero-order chi connectivity index (χ0) is 17.8. The van der Waals surface area contributed by atoms with Crippen LogP contribution in [0, 0.1) is 6.92 Å². The van der Waals surface area contributed by atoms with E-state index in [4.69, 9.17) is 0 Å². The van der Waals surface area contributed by atoms with Gasteiger partial charge in [-0.3, -0.25) is 9.59 Å². The highest BCUT2D eigenvalue weighted by atomic mass is 16.2. The van der Waals surface area contributed by atoms with Gasteiger partial charge in [0.15, 0.2) is 0 Å². The molecule has 0 spiro atoms. The number of benzene rings is 2. The predicted molar refractivity (Wildman–Crippen MR) is 93.4 cm³/mol. The lowest BCUT2D eigenvalue weighted by Gasteiger charge is -2.14. The topological polar surface area (TPSA) is 76.9 Å². The molecule has 0 aliphatic carbocycles. The third-order valence-electron chi connectivity index (χ3n) is 3.94. The molecule has 1 heterocycles. The number of Topliss-reactive ketones (excluding diaryl/α,β-unsaturated/α-hetero) is 1. The maximum atomic E-state index is 12.2. The summed E-state index contributed by atoms with van der Waals surface area (Å²) in [5.74, 6) is -1.15. The van der Waals surface area contributed by atoms with Crippen LogP contribution in [0.15, 0.2) is 61.2 Å². The van der Waals surface area contributed by atoms with E-state index < -0.39 is 11.7 Å². The number of carbonyl (C=O) groups is 2. The fraction of sp³-hybridized carbons (Fsp3) is 0.158. The van der Waals surface area contributed by atoms with Crippen molar-refractivity contribution < 1.29 is 9.59 Å². The van der Waals surface area contributed by atoms with Gasteiger partial charge in [0, 0.05) is 5.56 Å². The van der Waals surface area contributed by atoms with Gasteiger partial charge in [0.2, 0.25) is 5.78 Å². The van der Waals surface area contributed by atoms with E-state index in [1.165, 1.54) is 6.33 Å². The van der Waals surface area contributed by atoms with E-state index in [9.17, 15) is 9.59 Å². The quantitative estimate of drug-likeness (QED) is 0.575. The van der Waals surface area contributed by atoms with E-state index in [1.54, 1.807) is 23.1 Å². The number of hydrogen-bond acceptors (Lipinski definition) is 4. The zero-order valence-electron chi connectivity index (χ0n) is 14.0. The first-order valence-electron chi connectivity index (χ1n) is 7.91. The Hall–Kier alpha value is -3.28. The van der Waals surface area contributed by atoms with E-state index in [-0.39, 0.29) is 6.04 Å². The van der Waals surface area contributed by atoms with Gasteiger partial charge >= 0.3 is 0 Å². The van der Waals surface area contributed by atoms with Crippen molar-refractivity contribution in [3.63, 3.8) is 0 Å². The van der Waals surface area contributed by atoms with E-state index in [1.807, 2.05) is 50.2 Å². The van der Waals surface area contributed by atoms with Crippen LogP contribution in [-0.2, 0) is 4.79 Å². The maximum absolute atomic E-state index is 12.2. The molecule has 25 heavy (non-hydrogen) atoms. The summed E-state index contributed by atoms with van der Waals surface area (Å²) in [6.45, 7) is 3.77. The molecule has 0 radical (unpaired) electrons. The van der Waals surface area contributed by atoms with Gasteiger partial charge in [-0.25, -0.2) is 9.67 Å². The van der Waals surface area contributed by atoms with Crippen LogP contribution in [0.1, 0.15) is 34.5 Å². The number of hydrogen-bond donors (Lipinski definition) is 1. The SMILES string of the molecule is Cc1ccc(C(=O)C(=O)N[C@@H](C)c2ccc(-n3cncn3)cc2)cc1. The number of aryl methyl sites for hydroxylation is 1. The summed E-state index contributed by atoms with van der Waals surface area (Å²) in [6.07, 6.45) is 3.08. The number of carbonyl (C=O) groups excluding carboxylic acids is 2. The lowest BCUT2D eigenvalue weighted by atomic mass is 10.1. The molecule has 1 N–H and O–H groups in total. The van der Waals surface area contributed by atoms with E-state index in [2.05, 4.69) is 15.4 Å². The van der Waals surface area contributed by atoms with Crippen LogP contribution in [0.2, 0.25) is 0 Å². The highest BCUT2D eigenvalue weighted by Crippen LogP contribution is 2.15. The Morgan fingerprint density at radius 3 is 2.32 bits per heavy atom. The van der Waals surface area contributed by atoms with Crippen molar-refractivity contribution in [3.05, 3.63) is 77.9 Å². The van der Waals surface area contributed by atoms with Crippen LogP contribution in [0.5, 0.6) is 0 Å². The van der Waals surface area contributed by atoms with Crippen molar-refractivity contribution >= 4 is 11.7 Å². The zero-order valence-corrected chi connectivity index (χ0v) is 14.0. The molecule has 2 aromatic carbocycles. The first kappa shape index (κ1) is 16.6. The summed E-state index contributed by atoms with van der Waals surface area (Å²) in [4.78, 5) is 28.3. The smallest absolute Gasteiger partial charge is 0.292 e. The number of nitrogens with zero attached hydrogens (tertiary/aromatic N) is 3. The molecular formula is C19H18N4O2. The standard InChI is InChI=1S/C19H18N4O2/c1-13-3-5-16(6-4-13)18(24)19(25)22-14(2)15-7-9-17(10-8-15)23-12-20-11-21-23/h3-12,14H,1-2H3,(H,22,25)/t14-/m0/s1. The molecule has 0 bridgehead atoms. The largest absolute Gasteiger partial charge is 0.343 e. The normalized spacial score (nSPS) is 11.8. The lowest BCUT2D eigenvalue weighted by Crippen LogP contribution is -2.33. The van der Waals surface area contributed by atoms with Crippen molar-refractivity contribution in [1.82, 2.24) is 20.1 Å². The molecule has 3 aromatic rings. The van der Waals surface area contributed by atoms with Gasteiger partial charge in [0.25, 0.3) is 5.91 Å². The van der Waals surface area contributed by atoms with Crippen LogP contribution in [0.25, 0.3) is 5.69 Å². The van der Waals surface area contributed by atoms with Gasteiger partial charge in [-0.05, 0) is 31.5 Å². The van der Waals surface area contributed by atoms with Gasteiger partial charge in [0.1, 0.15) is 12.7 Å². The summed E-state index contributed by atoms with van der Waals surface area (Å²) in [7, 11) is 0. The Labute approximate surface area is 145 Å². The number of ketones is 1. The number of nitrogens with one attached hydrogen (secondary N) is 1. The highest BCUT2D eigenvalue weighted by molar-refractivity contribution is 6.42. The van der Waals surface area contributed by atoms with E-state index >= 15 is 0 Å². The van der Waals surface area contributed by atoms with Crippen LogP contribution in [0.4, 0.5) is 0 Å². The third kappa shape index (κ3) is 3.80. The molecule has 1 amide bonds. The second-order valence-corrected chi connectivity index (χ2v) is 5.82. The highest BCUT2D eigenvalue weighted by Gasteiger charge is 2.18. The minimum Gasteiger partial charge on any atom is -0.343 e. The average molecular weight is 334 g/mol. The van der Waals surface area contributed by atoms with Crippen molar-refractivity contribution in [2.75, 3.05) is 0 Å². The second-order valence-electron chi connectivity index (χ2n) is 5.82. The second kappa shape index (κ2) is 7.09. The molecule has 0 saturated heterocycles. The summed E-state index contributed by atoms with van der Waals surface area (Å²) in [6, 6.07) is 14.2. The summed E-state index contributed by atoms with van der Waals surface area (Å²) < 4.78 is 1.65. The summed E-state index contributed by atoms with van der Waals surface area (Å²) in [5.41, 5.74) is 3.19. The number of rotatable bonds is 5. The molecule has 0 fully saturated rings. The molecule has 1 atom stereocenters. The molecule has 0 aliphatic rings. The Morgan fingerprint density at radius 1 is 1.04 bits per heavy atom. The molecule has 0 unspecified atom stereocenters. The molecule has 0 aliphatic heterocycles. The van der Waals surface area contributed by atoms with Crippen LogP contribution < -0.4 is 5.32 Å². The van der Waals surface area contributed by atoms with Gasteiger partial charge in [-0.2, -0.15) is 5.10 Å². The fourth-order valence-electron chi connectivity index (χ4n) is 2.44. The number of aromatic nitrogens is 3. The summed E-state index contributed by atoms with van der Waals surface area (Å²) in [5, 5.41) is 6.80. The molecule has 0 saturated carbocycles. The summed E-state index contributed by atoms with van der Waals surface area (Å²) >= 11 is 0. The van der Waals surface area contributed by atoms with Crippen molar-refractivity contribution in [2.45, 2.75) is 19.9 Å². The maximum Gasteiger partial charge on any atom is 0.292 e. The first-order chi connectivity index (χ1) is 12.0. The molecule has 3 rings (SSSR count). The Bertz CT molecular complexity index is 869. The number of amides is 1. The predicted octanol–water partition coefficient (Wildman–Crippen LogP) is 2.64. The molecule has 6 nitrogen and oxygen atoms in total. The van der Waals surface area contributed by atoms with Gasteiger partial charge in [0.05, 0.1) is 11.7 Å². The van der Waals surface area contributed by atoms with Gasteiger partial charge < -0.3 is 5.32 Å².